The number of nitrogens with one attached hydrogen (secondary N) is 1. The maximum Gasteiger partial charge on any atom is 0.270 e. The molecule has 0 unspecified atom stereocenters. The van der Waals surface area contributed by atoms with Crippen molar-refractivity contribution in [3.63, 3.8) is 0 Å². The Labute approximate surface area is 168 Å². The zero-order valence-corrected chi connectivity index (χ0v) is 17.5. The van der Waals surface area contributed by atoms with E-state index in [1.807, 2.05) is 19.2 Å². The predicted octanol–water partition coefficient (Wildman–Crippen LogP) is 1.19. The zero-order chi connectivity index (χ0) is 20.5. The van der Waals surface area contributed by atoms with Gasteiger partial charge < -0.3 is 14.8 Å². The Kier molecular flexibility index (Phi) is 5.79. The Balaban J connectivity index is 2.19. The lowest BCUT2D eigenvalue weighted by molar-refractivity contribution is 0.313. The van der Waals surface area contributed by atoms with Gasteiger partial charge in [0.2, 0.25) is 0 Å². The number of aromatic amines is 1. The fourth-order valence-corrected chi connectivity index (χ4v) is 4.40. The smallest absolute Gasteiger partial charge is 0.270 e. The minimum absolute atomic E-state index is 0.0607. The minimum atomic E-state index is -3.62. The van der Waals surface area contributed by atoms with Crippen molar-refractivity contribution in [2.24, 2.45) is 0 Å². The van der Waals surface area contributed by atoms with Gasteiger partial charge in [0.15, 0.2) is 15.0 Å². The molecule has 0 spiro atoms. The fourth-order valence-electron chi connectivity index (χ4n) is 3.12. The molecule has 0 saturated carbocycles. The fraction of sp³-hybridized carbons (Fsp3) is 0.389. The number of likely N-dealkylation sites (N-methyl/N-ethyl adjacent to an activating group) is 1. The van der Waals surface area contributed by atoms with Crippen LogP contribution in [0.5, 0.6) is 0 Å². The van der Waals surface area contributed by atoms with E-state index in [1.165, 1.54) is 11.8 Å². The van der Waals surface area contributed by atoms with Crippen LogP contribution in [0.4, 0.5) is 5.69 Å². The van der Waals surface area contributed by atoms with Crippen LogP contribution >= 0.6 is 11.8 Å². The van der Waals surface area contributed by atoms with Gasteiger partial charge >= 0.3 is 0 Å². The summed E-state index contributed by atoms with van der Waals surface area (Å²) in [5.41, 5.74) is 0.361. The molecule has 0 aliphatic carbocycles. The van der Waals surface area contributed by atoms with Crippen molar-refractivity contribution in [2.45, 2.75) is 10.1 Å². The first-order valence-corrected chi connectivity index (χ1v) is 11.7. The number of thioether (sulfide) groups is 1. The van der Waals surface area contributed by atoms with Crippen LogP contribution in [-0.2, 0) is 9.84 Å². The highest BCUT2D eigenvalue weighted by molar-refractivity contribution is 7.98. The second-order valence-electron chi connectivity index (χ2n) is 6.65. The lowest BCUT2D eigenvalue weighted by Gasteiger charge is -2.34. The maximum absolute atomic E-state index is 12.5. The maximum atomic E-state index is 12.5. The molecule has 0 amide bonds. The van der Waals surface area contributed by atoms with Gasteiger partial charge in [-0.3, -0.25) is 4.79 Å². The van der Waals surface area contributed by atoms with Crippen molar-refractivity contribution in [1.82, 2.24) is 14.9 Å². The Morgan fingerprint density at radius 1 is 1.25 bits per heavy atom. The molecule has 1 fully saturated rings. The van der Waals surface area contributed by atoms with Gasteiger partial charge in [-0.1, -0.05) is 11.8 Å². The molecule has 0 bridgehead atoms. The van der Waals surface area contributed by atoms with E-state index in [0.717, 1.165) is 38.1 Å². The summed E-state index contributed by atoms with van der Waals surface area (Å²) >= 11 is 1.21. The van der Waals surface area contributed by atoms with Crippen LogP contribution in [0, 0.1) is 11.3 Å². The van der Waals surface area contributed by atoms with Crippen LogP contribution in [0.1, 0.15) is 5.56 Å². The van der Waals surface area contributed by atoms with E-state index in [1.54, 1.807) is 18.4 Å². The first-order chi connectivity index (χ1) is 13.2. The van der Waals surface area contributed by atoms with Crippen molar-refractivity contribution < 1.29 is 8.42 Å². The summed E-state index contributed by atoms with van der Waals surface area (Å²) < 4.78 is 25.0. The van der Waals surface area contributed by atoms with E-state index < -0.39 is 15.4 Å². The number of H-pyrrole nitrogens is 1. The Bertz CT molecular complexity index is 1100. The van der Waals surface area contributed by atoms with Gasteiger partial charge in [-0.25, -0.2) is 13.4 Å². The van der Waals surface area contributed by atoms with Crippen molar-refractivity contribution in [3.8, 4) is 17.3 Å². The Hall–Kier alpha value is -2.35. The molecule has 3 rings (SSSR count). The average Bonchev–Trinajstić information content (AvgIpc) is 2.66. The third kappa shape index (κ3) is 4.06. The van der Waals surface area contributed by atoms with Crippen molar-refractivity contribution in [3.05, 3.63) is 34.1 Å². The van der Waals surface area contributed by atoms with Crippen LogP contribution < -0.4 is 10.5 Å². The van der Waals surface area contributed by atoms with Gasteiger partial charge in [0.05, 0.1) is 10.6 Å². The topological polar surface area (TPSA) is 110 Å². The Morgan fingerprint density at radius 2 is 1.93 bits per heavy atom. The molecule has 1 saturated heterocycles. The normalized spacial score (nSPS) is 15.4. The van der Waals surface area contributed by atoms with Gasteiger partial charge in [-0.2, -0.15) is 5.26 Å². The number of nitrogens with zero attached hydrogens (tertiary/aromatic N) is 4. The van der Waals surface area contributed by atoms with E-state index in [-0.39, 0.29) is 21.7 Å². The summed E-state index contributed by atoms with van der Waals surface area (Å²) in [4.78, 5) is 23.5. The van der Waals surface area contributed by atoms with Crippen molar-refractivity contribution in [1.29, 1.82) is 5.26 Å². The summed E-state index contributed by atoms with van der Waals surface area (Å²) in [6.45, 7) is 3.37. The molecule has 1 aromatic heterocycles. The molecule has 8 nitrogen and oxygen atoms in total. The quantitative estimate of drug-likeness (QED) is 0.581. The first-order valence-electron chi connectivity index (χ1n) is 8.61. The Morgan fingerprint density at radius 3 is 2.50 bits per heavy atom. The van der Waals surface area contributed by atoms with Gasteiger partial charge in [0.25, 0.3) is 5.56 Å². The number of anilines is 1. The van der Waals surface area contributed by atoms with E-state index in [4.69, 9.17) is 0 Å². The molecular formula is C18H21N5O3S2. The number of rotatable bonds is 4. The summed E-state index contributed by atoms with van der Waals surface area (Å²) in [5, 5.41) is 9.74. The van der Waals surface area contributed by atoms with E-state index in [9.17, 15) is 18.5 Å². The number of nitriles is 1. The number of aromatic nitrogens is 2. The molecular weight excluding hydrogens is 398 g/mol. The van der Waals surface area contributed by atoms with Gasteiger partial charge in [0, 0.05) is 43.7 Å². The molecule has 0 atom stereocenters. The predicted molar refractivity (Wildman–Crippen MR) is 110 cm³/mol. The third-order valence-electron chi connectivity index (χ3n) is 4.69. The number of hydrogen-bond donors (Lipinski definition) is 1. The van der Waals surface area contributed by atoms with Crippen LogP contribution in [0.2, 0.25) is 0 Å². The number of hydrogen-bond acceptors (Lipinski definition) is 8. The number of benzene rings is 1. The van der Waals surface area contributed by atoms with Crippen LogP contribution in [0.15, 0.2) is 33.0 Å². The molecule has 2 aromatic rings. The molecule has 1 aromatic carbocycles. The largest absolute Gasteiger partial charge is 0.369 e. The summed E-state index contributed by atoms with van der Waals surface area (Å²) in [7, 11) is -1.57. The average molecular weight is 420 g/mol. The van der Waals surface area contributed by atoms with Gasteiger partial charge in [-0.15, -0.1) is 0 Å². The monoisotopic (exact) mass is 419 g/mol. The highest BCUT2D eigenvalue weighted by atomic mass is 32.2. The third-order valence-corrected chi connectivity index (χ3v) is 6.41. The standard InChI is InChI=1S/C18H21N5O3S2/c1-22-6-8-23(9-7-22)12-4-5-13(15(10-12)28(3,25)26)16-14(11-19)17(24)21-18(20-16)27-2/h4-5,10H,6-9H2,1-3H3,(H,20,21,24). The van der Waals surface area contributed by atoms with E-state index in [0.29, 0.717) is 5.16 Å². The molecule has 1 N–H and O–H groups in total. The van der Waals surface area contributed by atoms with E-state index >= 15 is 0 Å². The lowest BCUT2D eigenvalue weighted by Crippen LogP contribution is -2.44. The summed E-state index contributed by atoms with van der Waals surface area (Å²) in [5.74, 6) is 0. The van der Waals surface area contributed by atoms with Gasteiger partial charge in [0.1, 0.15) is 11.6 Å². The van der Waals surface area contributed by atoms with Crippen LogP contribution in [-0.4, -0.2) is 69.0 Å². The summed E-state index contributed by atoms with van der Waals surface area (Å²) in [6.07, 6.45) is 2.86. The van der Waals surface area contributed by atoms with Crippen molar-refractivity contribution >= 4 is 27.3 Å². The molecule has 0 radical (unpaired) electrons. The van der Waals surface area contributed by atoms with Gasteiger partial charge in [-0.05, 0) is 31.5 Å². The lowest BCUT2D eigenvalue weighted by atomic mass is 10.1. The molecule has 10 heteroatoms. The number of piperazine rings is 1. The molecule has 2 heterocycles. The molecule has 1 aliphatic heterocycles. The zero-order valence-electron chi connectivity index (χ0n) is 15.9. The number of sulfone groups is 1. The van der Waals surface area contributed by atoms with Crippen LogP contribution in [0.25, 0.3) is 11.3 Å². The second kappa shape index (κ2) is 7.95. The van der Waals surface area contributed by atoms with Crippen LogP contribution in [0.3, 0.4) is 0 Å². The van der Waals surface area contributed by atoms with Crippen molar-refractivity contribution in [2.75, 3.05) is 50.6 Å². The summed E-state index contributed by atoms with van der Waals surface area (Å²) in [6, 6.07) is 6.91. The highest BCUT2D eigenvalue weighted by Gasteiger charge is 2.23. The van der Waals surface area contributed by atoms with E-state index in [2.05, 4.69) is 19.8 Å². The minimum Gasteiger partial charge on any atom is -0.369 e. The SMILES string of the molecule is CSc1nc(-c2ccc(N3CCN(C)CC3)cc2S(C)(=O)=O)c(C#N)c(=O)[nH]1. The highest BCUT2D eigenvalue weighted by Crippen LogP contribution is 2.32. The second-order valence-corrected chi connectivity index (χ2v) is 9.43. The molecule has 148 valence electrons. The molecule has 1 aliphatic rings. The molecule has 28 heavy (non-hydrogen) atoms. The first kappa shape index (κ1) is 20.4.